The minimum Gasteiger partial charge on any atom is -0.478 e. The van der Waals surface area contributed by atoms with Gasteiger partial charge in [0.2, 0.25) is 21.8 Å². The molecule has 0 spiro atoms. The minimum atomic E-state index is -4.17. The number of allylic oxidation sites excluding steroid dienone is 1. The van der Waals surface area contributed by atoms with E-state index in [1.54, 1.807) is 38.1 Å². The maximum Gasteiger partial charge on any atom is 0.330 e. The first-order chi connectivity index (χ1) is 20.7. The third-order valence-corrected chi connectivity index (χ3v) is 9.87. The number of nitrogens with one attached hydrogen (secondary N) is 3. The van der Waals surface area contributed by atoms with Crippen molar-refractivity contribution in [2.75, 3.05) is 6.26 Å². The van der Waals surface area contributed by atoms with Gasteiger partial charge in [-0.1, -0.05) is 55.8 Å². The van der Waals surface area contributed by atoms with Crippen molar-refractivity contribution in [2.24, 2.45) is 5.92 Å². The van der Waals surface area contributed by atoms with Crippen molar-refractivity contribution in [1.82, 2.24) is 20.3 Å². The summed E-state index contributed by atoms with van der Waals surface area (Å²) in [5.41, 5.74) is 1.85. The van der Waals surface area contributed by atoms with Crippen molar-refractivity contribution in [3.63, 3.8) is 0 Å². The van der Waals surface area contributed by atoms with E-state index < -0.39 is 61.3 Å². The molecular weight excluding hydrogens is 628 g/mol. The van der Waals surface area contributed by atoms with E-state index in [0.717, 1.165) is 17.0 Å². The monoisotopic (exact) mass is 662 g/mol. The van der Waals surface area contributed by atoms with E-state index in [4.69, 9.17) is 11.6 Å². The van der Waals surface area contributed by atoms with Crippen LogP contribution in [-0.2, 0) is 41.6 Å². The lowest BCUT2D eigenvalue weighted by molar-refractivity contribution is -0.131. The number of hydrogen-bond donors (Lipinski definition) is 4. The summed E-state index contributed by atoms with van der Waals surface area (Å²) in [7, 11) is -5.68. The van der Waals surface area contributed by atoms with Crippen LogP contribution in [0.5, 0.6) is 0 Å². The number of fused-ring (bicyclic) bond motifs is 1. The van der Waals surface area contributed by atoms with Crippen molar-refractivity contribution in [3.8, 4) is 0 Å². The highest BCUT2D eigenvalue weighted by molar-refractivity contribution is 7.89. The van der Waals surface area contributed by atoms with E-state index >= 15 is 0 Å². The predicted octanol–water partition coefficient (Wildman–Crippen LogP) is 2.99. The second-order valence-corrected chi connectivity index (χ2v) is 14.6. The normalized spacial score (nSPS) is 14.9. The lowest BCUT2D eigenvalue weighted by Gasteiger charge is -2.26. The van der Waals surface area contributed by atoms with E-state index in [-0.39, 0.29) is 23.4 Å². The van der Waals surface area contributed by atoms with Crippen molar-refractivity contribution in [2.45, 2.75) is 55.3 Å². The summed E-state index contributed by atoms with van der Waals surface area (Å²) in [5, 5.41) is 15.2. The molecule has 11 nitrogen and oxygen atoms in total. The number of carboxylic acid groups (broad SMARTS) is 1. The molecule has 236 valence electrons. The average Bonchev–Trinajstić information content (AvgIpc) is 2.94. The number of benzene rings is 2. The van der Waals surface area contributed by atoms with Gasteiger partial charge in [-0.3, -0.25) is 18.8 Å². The molecule has 4 unspecified atom stereocenters. The summed E-state index contributed by atoms with van der Waals surface area (Å²) in [5.74, 6) is -3.40. The van der Waals surface area contributed by atoms with Crippen LogP contribution in [0, 0.1) is 12.8 Å². The van der Waals surface area contributed by atoms with Crippen LogP contribution in [0.4, 0.5) is 0 Å². The number of aromatic nitrogens is 1. The molecule has 4 atom stereocenters. The van der Waals surface area contributed by atoms with E-state index in [0.29, 0.717) is 11.2 Å². The number of carboxylic acids is 1. The van der Waals surface area contributed by atoms with Crippen molar-refractivity contribution in [3.05, 3.63) is 83.7 Å². The van der Waals surface area contributed by atoms with E-state index in [9.17, 15) is 32.1 Å². The van der Waals surface area contributed by atoms with Crippen LogP contribution in [-0.4, -0.2) is 63.5 Å². The van der Waals surface area contributed by atoms with Crippen LogP contribution in [0.1, 0.15) is 31.5 Å². The molecule has 44 heavy (non-hydrogen) atoms. The Balaban J connectivity index is 1.91. The smallest absolute Gasteiger partial charge is 0.330 e. The number of aryl methyl sites for hydroxylation is 1. The predicted molar refractivity (Wildman–Crippen MR) is 170 cm³/mol. The Morgan fingerprint density at radius 1 is 1.02 bits per heavy atom. The molecule has 2 amide bonds. The number of rotatable bonds is 14. The number of para-hydroxylation sites is 1. The molecule has 0 aliphatic heterocycles. The number of pyridine rings is 1. The number of aliphatic carboxylic acids is 1. The number of sulfonamides is 1. The SMILES string of the molecule is Cc1ccc(S(=O)(=O)NC(Cc2ccc3ccccc3n2)C(=O)NC(C(=O)N/C(=C/C(=O)O)CC(Cl)S(C)=O)C(C)C)cc1. The molecule has 1 heterocycles. The molecule has 2 aromatic carbocycles. The topological polar surface area (TPSA) is 172 Å². The molecule has 4 N–H and O–H groups in total. The fourth-order valence-corrected chi connectivity index (χ4v) is 5.98. The number of carbonyl (C=O) groups is 3. The zero-order valence-corrected chi connectivity index (χ0v) is 27.0. The van der Waals surface area contributed by atoms with Crippen molar-refractivity contribution >= 4 is 61.1 Å². The number of nitrogens with zero attached hydrogens (tertiary/aromatic N) is 1. The first-order valence-electron chi connectivity index (χ1n) is 13.6. The molecule has 14 heteroatoms. The Morgan fingerprint density at radius 3 is 2.30 bits per heavy atom. The van der Waals surface area contributed by atoms with Crippen molar-refractivity contribution < 1.29 is 32.1 Å². The largest absolute Gasteiger partial charge is 0.478 e. The lowest BCUT2D eigenvalue weighted by atomic mass is 10.0. The van der Waals surface area contributed by atoms with Gasteiger partial charge in [0, 0.05) is 52.8 Å². The summed E-state index contributed by atoms with van der Waals surface area (Å²) < 4.78 is 39.9. The third-order valence-electron chi connectivity index (χ3n) is 6.58. The van der Waals surface area contributed by atoms with E-state index in [1.807, 2.05) is 31.2 Å². The molecule has 0 bridgehead atoms. The van der Waals surface area contributed by atoms with Gasteiger partial charge in [0.15, 0.2) is 0 Å². The van der Waals surface area contributed by atoms with Gasteiger partial charge in [-0.25, -0.2) is 13.2 Å². The lowest BCUT2D eigenvalue weighted by Crippen LogP contribution is -2.56. The highest BCUT2D eigenvalue weighted by Crippen LogP contribution is 2.17. The number of carbonyl (C=O) groups excluding carboxylic acids is 2. The third kappa shape index (κ3) is 9.94. The fraction of sp³-hybridized carbons (Fsp3) is 0.333. The van der Waals surface area contributed by atoms with Gasteiger partial charge in [0.1, 0.15) is 16.8 Å². The Labute approximate surface area is 264 Å². The van der Waals surface area contributed by atoms with Gasteiger partial charge in [-0.05, 0) is 37.1 Å². The second kappa shape index (κ2) is 15.4. The molecule has 0 aliphatic rings. The molecule has 0 aliphatic carbocycles. The first-order valence-corrected chi connectivity index (χ1v) is 17.1. The molecule has 0 radical (unpaired) electrons. The molecule has 3 rings (SSSR count). The van der Waals surface area contributed by atoms with E-state index in [1.165, 1.54) is 18.4 Å². The molecule has 0 saturated heterocycles. The maximum atomic E-state index is 13.7. The summed E-state index contributed by atoms with van der Waals surface area (Å²) in [6.45, 7) is 5.13. The zero-order valence-electron chi connectivity index (χ0n) is 24.6. The summed E-state index contributed by atoms with van der Waals surface area (Å²) in [4.78, 5) is 42.9. The fourth-order valence-electron chi connectivity index (χ4n) is 4.20. The quantitative estimate of drug-likeness (QED) is 0.151. The molecule has 1 aromatic heterocycles. The summed E-state index contributed by atoms with van der Waals surface area (Å²) >= 11 is 6.05. The minimum absolute atomic E-state index is 0.0436. The van der Waals surface area contributed by atoms with Gasteiger partial charge in [0.25, 0.3) is 0 Å². The van der Waals surface area contributed by atoms with Crippen LogP contribution in [0.15, 0.2) is 77.3 Å². The Morgan fingerprint density at radius 2 is 1.68 bits per heavy atom. The molecule has 0 fully saturated rings. The Hall–Kier alpha value is -3.65. The number of hydrogen-bond acceptors (Lipinski definition) is 7. The first kappa shape index (κ1) is 34.8. The maximum absolute atomic E-state index is 13.7. The zero-order chi connectivity index (χ0) is 32.6. The van der Waals surface area contributed by atoms with Crippen LogP contribution in [0.25, 0.3) is 10.9 Å². The van der Waals surface area contributed by atoms with Crippen LogP contribution >= 0.6 is 11.6 Å². The summed E-state index contributed by atoms with van der Waals surface area (Å²) in [6.07, 6.45) is 1.74. The van der Waals surface area contributed by atoms with Gasteiger partial charge < -0.3 is 15.7 Å². The molecular formula is C30H35ClN4O7S2. The highest BCUT2D eigenvalue weighted by atomic mass is 35.5. The standard InChI is InChI=1S/C30H35ClN4O7S2/c1-18(2)28(30(39)33-22(17-27(36)37)16-26(31)43(4)40)34-29(38)25(35-44(41,42)23-13-9-19(3)10-14-23)15-21-12-11-20-7-5-6-8-24(20)32-21/h5-14,17-18,25-26,28,35H,15-16H2,1-4H3,(H,33,39)(H,34,38)(H,36,37)/b22-17+. The van der Waals surface area contributed by atoms with Crippen LogP contribution < -0.4 is 15.4 Å². The van der Waals surface area contributed by atoms with Gasteiger partial charge in [-0.2, -0.15) is 4.72 Å². The second-order valence-electron chi connectivity index (χ2n) is 10.5. The average molecular weight is 663 g/mol. The Bertz CT molecular complexity index is 1680. The Kier molecular flexibility index (Phi) is 12.2. The van der Waals surface area contributed by atoms with E-state index in [2.05, 4.69) is 20.3 Å². The van der Waals surface area contributed by atoms with Gasteiger partial charge in [0.05, 0.1) is 10.4 Å². The van der Waals surface area contributed by atoms with Crippen LogP contribution in [0.3, 0.4) is 0 Å². The van der Waals surface area contributed by atoms with Crippen molar-refractivity contribution in [1.29, 1.82) is 0 Å². The molecule has 3 aromatic rings. The highest BCUT2D eigenvalue weighted by Gasteiger charge is 2.32. The van der Waals surface area contributed by atoms with Gasteiger partial charge in [-0.15, -0.1) is 11.6 Å². The van der Waals surface area contributed by atoms with Gasteiger partial charge >= 0.3 is 5.97 Å². The summed E-state index contributed by atoms with van der Waals surface area (Å²) in [6, 6.07) is 14.4. The number of alkyl halides is 1. The number of halogens is 1. The van der Waals surface area contributed by atoms with Crippen LogP contribution in [0.2, 0.25) is 0 Å². The number of amides is 2. The molecule has 0 saturated carbocycles.